The lowest BCUT2D eigenvalue weighted by atomic mass is 9.63. The van der Waals surface area contributed by atoms with E-state index in [1.54, 1.807) is 0 Å². The van der Waals surface area contributed by atoms with Crippen LogP contribution in [0.4, 0.5) is 0 Å². The summed E-state index contributed by atoms with van der Waals surface area (Å²) in [4.78, 5) is 26.2. The van der Waals surface area contributed by atoms with Crippen molar-refractivity contribution >= 4 is 11.9 Å². The van der Waals surface area contributed by atoms with Gasteiger partial charge in [-0.3, -0.25) is 9.59 Å². The number of hydrogen-bond acceptors (Lipinski definition) is 2. The van der Waals surface area contributed by atoms with Gasteiger partial charge in [0.25, 0.3) is 0 Å². The van der Waals surface area contributed by atoms with Gasteiger partial charge >= 0.3 is 5.97 Å². The molecule has 1 spiro atoms. The Kier molecular flexibility index (Phi) is 4.21. The molecular formula is C18H29NO3. The largest absolute Gasteiger partial charge is 0.481 e. The van der Waals surface area contributed by atoms with Crippen LogP contribution in [-0.2, 0) is 9.59 Å². The van der Waals surface area contributed by atoms with Crippen molar-refractivity contribution in [2.24, 2.45) is 16.7 Å². The average molecular weight is 307 g/mol. The Balaban J connectivity index is 1.67. The molecule has 1 atom stereocenters. The van der Waals surface area contributed by atoms with E-state index in [1.807, 2.05) is 4.90 Å². The lowest BCUT2D eigenvalue weighted by molar-refractivity contribution is -0.161. The second kappa shape index (κ2) is 5.86. The fourth-order valence-corrected chi connectivity index (χ4v) is 4.86. The Bertz CT molecular complexity index is 449. The molecule has 0 bridgehead atoms. The molecule has 3 rings (SSSR count). The monoisotopic (exact) mass is 307 g/mol. The minimum Gasteiger partial charge on any atom is -0.481 e. The highest BCUT2D eigenvalue weighted by Crippen LogP contribution is 2.48. The molecule has 22 heavy (non-hydrogen) atoms. The maximum Gasteiger partial charge on any atom is 0.310 e. The summed E-state index contributed by atoms with van der Waals surface area (Å²) >= 11 is 0. The summed E-state index contributed by atoms with van der Waals surface area (Å²) in [6.45, 7) is 4.03. The molecule has 1 heterocycles. The van der Waals surface area contributed by atoms with Crippen molar-refractivity contribution in [3.8, 4) is 0 Å². The number of carbonyl (C=O) groups excluding carboxylic acids is 1. The van der Waals surface area contributed by atoms with E-state index < -0.39 is 11.4 Å². The summed E-state index contributed by atoms with van der Waals surface area (Å²) < 4.78 is 0. The maximum atomic E-state index is 12.7. The highest BCUT2D eigenvalue weighted by atomic mass is 16.4. The fraction of sp³-hybridized carbons (Fsp3) is 0.889. The molecule has 1 saturated heterocycles. The van der Waals surface area contributed by atoms with Gasteiger partial charge in [0, 0.05) is 19.5 Å². The Morgan fingerprint density at radius 2 is 1.77 bits per heavy atom. The van der Waals surface area contributed by atoms with Crippen LogP contribution in [0, 0.1) is 16.7 Å². The van der Waals surface area contributed by atoms with Crippen LogP contribution >= 0.6 is 0 Å². The molecule has 1 unspecified atom stereocenters. The molecule has 0 radical (unpaired) electrons. The first kappa shape index (κ1) is 15.8. The maximum absolute atomic E-state index is 12.7. The van der Waals surface area contributed by atoms with E-state index in [-0.39, 0.29) is 12.3 Å². The highest BCUT2D eigenvalue weighted by Gasteiger charge is 2.48. The van der Waals surface area contributed by atoms with Crippen LogP contribution < -0.4 is 0 Å². The zero-order chi connectivity index (χ0) is 15.8. The summed E-state index contributed by atoms with van der Waals surface area (Å²) in [6.07, 6.45) is 9.94. The molecule has 0 aromatic heterocycles. The van der Waals surface area contributed by atoms with Gasteiger partial charge in [-0.15, -0.1) is 0 Å². The van der Waals surface area contributed by atoms with Crippen LogP contribution in [0.15, 0.2) is 0 Å². The van der Waals surface area contributed by atoms with Crippen molar-refractivity contribution < 1.29 is 14.7 Å². The standard InChI is InChI=1S/C18H29NO3/c1-14-6-11-19(13-18(14)7-3-2-4-8-18)15(20)12-17(16(21)22)9-5-10-17/h14H,2-13H2,1H3,(H,21,22). The van der Waals surface area contributed by atoms with Gasteiger partial charge in [0.05, 0.1) is 5.41 Å². The predicted octanol–water partition coefficient (Wildman–Crippen LogP) is 3.45. The topological polar surface area (TPSA) is 57.6 Å². The number of nitrogens with zero attached hydrogens (tertiary/aromatic N) is 1. The number of amides is 1. The smallest absolute Gasteiger partial charge is 0.310 e. The SMILES string of the molecule is CC1CCN(C(=O)CC2(C(=O)O)CCC2)CC12CCCCC2. The third-order valence-corrected chi connectivity index (χ3v) is 6.84. The third kappa shape index (κ3) is 2.65. The average Bonchev–Trinajstić information content (AvgIpc) is 2.46. The summed E-state index contributed by atoms with van der Waals surface area (Å²) in [5.74, 6) is -0.00204. The second-order valence-corrected chi connectivity index (χ2v) is 8.04. The van der Waals surface area contributed by atoms with Gasteiger partial charge in [0.2, 0.25) is 5.91 Å². The van der Waals surface area contributed by atoms with E-state index in [0.29, 0.717) is 24.2 Å². The van der Waals surface area contributed by atoms with Gasteiger partial charge in [-0.25, -0.2) is 0 Å². The first-order valence-electron chi connectivity index (χ1n) is 8.99. The summed E-state index contributed by atoms with van der Waals surface area (Å²) in [5, 5.41) is 9.44. The first-order valence-corrected chi connectivity index (χ1v) is 8.99. The Hall–Kier alpha value is -1.06. The zero-order valence-electron chi connectivity index (χ0n) is 13.8. The van der Waals surface area contributed by atoms with Crippen LogP contribution in [0.5, 0.6) is 0 Å². The van der Waals surface area contributed by atoms with Crippen molar-refractivity contribution in [2.75, 3.05) is 13.1 Å². The van der Waals surface area contributed by atoms with E-state index >= 15 is 0 Å². The molecular weight excluding hydrogens is 278 g/mol. The first-order chi connectivity index (χ1) is 10.5. The minimum absolute atomic E-state index is 0.0824. The Morgan fingerprint density at radius 3 is 2.32 bits per heavy atom. The molecule has 1 amide bonds. The van der Waals surface area contributed by atoms with E-state index in [0.717, 1.165) is 25.9 Å². The van der Waals surface area contributed by atoms with Gasteiger partial charge in [0.15, 0.2) is 0 Å². The Labute approximate surface area is 133 Å². The van der Waals surface area contributed by atoms with Crippen LogP contribution in [0.3, 0.4) is 0 Å². The van der Waals surface area contributed by atoms with Gasteiger partial charge in [-0.2, -0.15) is 0 Å². The number of piperidine rings is 1. The quantitative estimate of drug-likeness (QED) is 0.869. The van der Waals surface area contributed by atoms with Gasteiger partial charge in [-0.1, -0.05) is 32.6 Å². The van der Waals surface area contributed by atoms with Gasteiger partial charge in [-0.05, 0) is 43.4 Å². The van der Waals surface area contributed by atoms with Gasteiger partial charge in [0.1, 0.15) is 0 Å². The molecule has 2 saturated carbocycles. The molecule has 4 heteroatoms. The van der Waals surface area contributed by atoms with Crippen molar-refractivity contribution in [1.82, 2.24) is 4.90 Å². The second-order valence-electron chi connectivity index (χ2n) is 8.04. The summed E-state index contributed by atoms with van der Waals surface area (Å²) in [6, 6.07) is 0. The third-order valence-electron chi connectivity index (χ3n) is 6.84. The highest BCUT2D eigenvalue weighted by molar-refractivity contribution is 5.85. The van der Waals surface area contributed by atoms with E-state index in [9.17, 15) is 14.7 Å². The number of aliphatic carboxylic acids is 1. The van der Waals surface area contributed by atoms with Crippen molar-refractivity contribution in [2.45, 2.75) is 71.1 Å². The lowest BCUT2D eigenvalue weighted by Gasteiger charge is -2.50. The van der Waals surface area contributed by atoms with Crippen molar-refractivity contribution in [3.63, 3.8) is 0 Å². The van der Waals surface area contributed by atoms with Crippen LogP contribution in [0.2, 0.25) is 0 Å². The number of rotatable bonds is 3. The molecule has 1 aliphatic heterocycles. The van der Waals surface area contributed by atoms with Crippen LogP contribution in [0.1, 0.15) is 71.1 Å². The van der Waals surface area contributed by atoms with E-state index in [2.05, 4.69) is 6.92 Å². The van der Waals surface area contributed by atoms with Crippen molar-refractivity contribution in [1.29, 1.82) is 0 Å². The summed E-state index contributed by atoms with van der Waals surface area (Å²) in [7, 11) is 0. The molecule has 0 aromatic rings. The fourth-order valence-electron chi connectivity index (χ4n) is 4.86. The molecule has 2 aliphatic carbocycles. The number of carboxylic acids is 1. The number of likely N-dealkylation sites (tertiary alicyclic amines) is 1. The van der Waals surface area contributed by atoms with Crippen molar-refractivity contribution in [3.05, 3.63) is 0 Å². The minimum atomic E-state index is -0.773. The summed E-state index contributed by atoms with van der Waals surface area (Å²) in [5.41, 5.74) is -0.442. The lowest BCUT2D eigenvalue weighted by Crippen LogP contribution is -2.52. The van der Waals surface area contributed by atoms with Gasteiger partial charge < -0.3 is 10.0 Å². The molecule has 0 aromatic carbocycles. The Morgan fingerprint density at radius 1 is 1.09 bits per heavy atom. The predicted molar refractivity (Wildman–Crippen MR) is 84.4 cm³/mol. The number of carboxylic acid groups (broad SMARTS) is 1. The molecule has 3 aliphatic rings. The molecule has 4 nitrogen and oxygen atoms in total. The van der Waals surface area contributed by atoms with Crippen LogP contribution in [-0.4, -0.2) is 35.0 Å². The molecule has 1 N–H and O–H groups in total. The normalized spacial score (nSPS) is 29.9. The number of hydrogen-bond donors (Lipinski definition) is 1. The zero-order valence-corrected chi connectivity index (χ0v) is 13.8. The molecule has 124 valence electrons. The van der Waals surface area contributed by atoms with Crippen LogP contribution in [0.25, 0.3) is 0 Å². The molecule has 3 fully saturated rings. The van der Waals surface area contributed by atoms with E-state index in [1.165, 1.54) is 32.1 Å². The number of carbonyl (C=O) groups is 2. The van der Waals surface area contributed by atoms with E-state index in [4.69, 9.17) is 0 Å².